The molecule has 5 nitrogen and oxygen atoms in total. The molecule has 6 heteroatoms. The first-order chi connectivity index (χ1) is 17.1. The molecule has 2 atom stereocenters. The lowest BCUT2D eigenvalue weighted by Gasteiger charge is -2.37. The number of hydrogen-bond donors (Lipinski definition) is 2. The molecule has 4 aliphatic rings. The number of anilines is 1. The predicted octanol–water partition coefficient (Wildman–Crippen LogP) is 4.69. The van der Waals surface area contributed by atoms with Gasteiger partial charge in [0.15, 0.2) is 0 Å². The van der Waals surface area contributed by atoms with Crippen LogP contribution in [-0.4, -0.2) is 55.6 Å². The van der Waals surface area contributed by atoms with Crippen molar-refractivity contribution in [2.24, 2.45) is 11.8 Å². The highest BCUT2D eigenvalue weighted by Crippen LogP contribution is 2.31. The SMILES string of the molecule is CCc1cccc(N2CCN(CCC3CCC(NC(=O)C4=CC5C=CC=CC5N4)CC3)CC2)c1Cl. The van der Waals surface area contributed by atoms with Gasteiger partial charge < -0.3 is 15.5 Å². The lowest BCUT2D eigenvalue weighted by atomic mass is 9.84. The molecule has 1 saturated heterocycles. The predicted molar refractivity (Wildman–Crippen MR) is 145 cm³/mol. The van der Waals surface area contributed by atoms with Crippen molar-refractivity contribution in [1.29, 1.82) is 0 Å². The summed E-state index contributed by atoms with van der Waals surface area (Å²) >= 11 is 6.66. The lowest BCUT2D eigenvalue weighted by molar-refractivity contribution is -0.118. The quantitative estimate of drug-likeness (QED) is 0.577. The Hall–Kier alpha value is -2.24. The maximum atomic E-state index is 12.7. The molecular formula is C29H39ClN4O. The molecule has 2 aliphatic carbocycles. The van der Waals surface area contributed by atoms with Gasteiger partial charge in [-0.2, -0.15) is 0 Å². The standard InChI is InChI=1S/C29H39ClN4O/c1-2-22-7-5-9-27(28(22)30)34-18-16-33(17-19-34)15-14-21-10-12-24(13-11-21)31-29(35)26-20-23-6-3-4-8-25(23)32-26/h3-9,20-21,23-25,32H,2,10-19H2,1H3,(H,31,35). The first kappa shape index (κ1) is 24.5. The van der Waals surface area contributed by atoms with E-state index in [9.17, 15) is 4.79 Å². The molecule has 0 aromatic heterocycles. The van der Waals surface area contributed by atoms with E-state index in [0.29, 0.717) is 12.0 Å². The molecule has 2 fully saturated rings. The van der Waals surface area contributed by atoms with Crippen LogP contribution in [0.5, 0.6) is 0 Å². The number of amides is 1. The van der Waals surface area contributed by atoms with E-state index in [2.05, 4.69) is 69.9 Å². The van der Waals surface area contributed by atoms with Gasteiger partial charge in [0.05, 0.1) is 22.4 Å². The van der Waals surface area contributed by atoms with E-state index in [4.69, 9.17) is 11.6 Å². The molecule has 1 aromatic rings. The topological polar surface area (TPSA) is 47.6 Å². The van der Waals surface area contributed by atoms with Crippen molar-refractivity contribution in [2.45, 2.75) is 57.5 Å². The summed E-state index contributed by atoms with van der Waals surface area (Å²) in [5.74, 6) is 1.14. The minimum absolute atomic E-state index is 0.0621. The third kappa shape index (κ3) is 5.78. The Balaban J connectivity index is 1.01. The Kier molecular flexibility index (Phi) is 7.84. The van der Waals surface area contributed by atoms with Crippen LogP contribution in [0.25, 0.3) is 0 Å². The van der Waals surface area contributed by atoms with Crippen LogP contribution in [0.4, 0.5) is 5.69 Å². The highest BCUT2D eigenvalue weighted by Gasteiger charge is 2.30. The molecule has 1 saturated carbocycles. The number of piperazine rings is 1. The second-order valence-corrected chi connectivity index (χ2v) is 10.9. The summed E-state index contributed by atoms with van der Waals surface area (Å²) < 4.78 is 0. The second-order valence-electron chi connectivity index (χ2n) is 10.5. The zero-order valence-electron chi connectivity index (χ0n) is 20.9. The fraction of sp³-hybridized carbons (Fsp3) is 0.552. The number of nitrogens with one attached hydrogen (secondary N) is 2. The van der Waals surface area contributed by atoms with E-state index in [-0.39, 0.29) is 11.9 Å². The van der Waals surface area contributed by atoms with Crippen molar-refractivity contribution >= 4 is 23.2 Å². The van der Waals surface area contributed by atoms with Crippen molar-refractivity contribution < 1.29 is 4.79 Å². The summed E-state index contributed by atoms with van der Waals surface area (Å²) in [6, 6.07) is 6.97. The molecule has 1 amide bonds. The summed E-state index contributed by atoms with van der Waals surface area (Å²) in [5.41, 5.74) is 3.17. The van der Waals surface area contributed by atoms with Crippen LogP contribution in [-0.2, 0) is 11.2 Å². The van der Waals surface area contributed by atoms with Crippen LogP contribution in [0.3, 0.4) is 0 Å². The van der Waals surface area contributed by atoms with E-state index in [0.717, 1.165) is 62.1 Å². The summed E-state index contributed by atoms with van der Waals surface area (Å²) in [7, 11) is 0. The van der Waals surface area contributed by atoms with Crippen molar-refractivity contribution in [1.82, 2.24) is 15.5 Å². The zero-order chi connectivity index (χ0) is 24.2. The number of halogens is 1. The Bertz CT molecular complexity index is 986. The number of aryl methyl sites for hydroxylation is 1. The van der Waals surface area contributed by atoms with Crippen molar-refractivity contribution in [3.05, 3.63) is 64.9 Å². The van der Waals surface area contributed by atoms with E-state index >= 15 is 0 Å². The molecule has 2 N–H and O–H groups in total. The van der Waals surface area contributed by atoms with Gasteiger partial charge in [0, 0.05) is 38.1 Å². The van der Waals surface area contributed by atoms with Gasteiger partial charge in [0.1, 0.15) is 0 Å². The van der Waals surface area contributed by atoms with Gasteiger partial charge in [-0.15, -0.1) is 0 Å². The summed E-state index contributed by atoms with van der Waals surface area (Å²) in [5, 5.41) is 7.58. The number of benzene rings is 1. The normalized spacial score (nSPS) is 28.4. The van der Waals surface area contributed by atoms with Crippen molar-refractivity contribution in [3.8, 4) is 0 Å². The molecule has 188 valence electrons. The van der Waals surface area contributed by atoms with E-state index in [1.54, 1.807) is 0 Å². The summed E-state index contributed by atoms with van der Waals surface area (Å²) in [6.07, 6.45) is 17.3. The zero-order valence-corrected chi connectivity index (χ0v) is 21.6. The first-order valence-electron chi connectivity index (χ1n) is 13.5. The maximum Gasteiger partial charge on any atom is 0.267 e. The number of fused-ring (bicyclic) bond motifs is 1. The molecule has 2 heterocycles. The number of carbonyl (C=O) groups is 1. The molecule has 0 spiro atoms. The van der Waals surface area contributed by atoms with Crippen LogP contribution in [0.2, 0.25) is 5.02 Å². The van der Waals surface area contributed by atoms with Gasteiger partial charge in [-0.1, -0.05) is 55.0 Å². The molecule has 2 aliphatic heterocycles. The third-order valence-corrected chi connectivity index (χ3v) is 8.73. The largest absolute Gasteiger partial charge is 0.374 e. The molecule has 0 bridgehead atoms. The molecule has 0 radical (unpaired) electrons. The highest BCUT2D eigenvalue weighted by molar-refractivity contribution is 6.34. The van der Waals surface area contributed by atoms with Gasteiger partial charge in [-0.3, -0.25) is 9.69 Å². The van der Waals surface area contributed by atoms with Crippen LogP contribution in [0.1, 0.15) is 44.6 Å². The Morgan fingerprint density at radius 3 is 2.60 bits per heavy atom. The van der Waals surface area contributed by atoms with Gasteiger partial charge in [0.25, 0.3) is 5.91 Å². The number of rotatable bonds is 7. The van der Waals surface area contributed by atoms with Crippen LogP contribution in [0.15, 0.2) is 54.3 Å². The van der Waals surface area contributed by atoms with Crippen molar-refractivity contribution in [2.75, 3.05) is 37.6 Å². The lowest BCUT2D eigenvalue weighted by Crippen LogP contribution is -2.47. The van der Waals surface area contributed by atoms with Gasteiger partial charge in [-0.25, -0.2) is 0 Å². The Morgan fingerprint density at radius 2 is 1.86 bits per heavy atom. The first-order valence-corrected chi connectivity index (χ1v) is 13.9. The number of carbonyl (C=O) groups excluding carboxylic acids is 1. The monoisotopic (exact) mass is 494 g/mol. The fourth-order valence-corrected chi connectivity index (χ4v) is 6.39. The number of nitrogens with zero attached hydrogens (tertiary/aromatic N) is 2. The molecule has 35 heavy (non-hydrogen) atoms. The number of hydrogen-bond acceptors (Lipinski definition) is 4. The van der Waals surface area contributed by atoms with Crippen LogP contribution >= 0.6 is 11.6 Å². The van der Waals surface area contributed by atoms with E-state index < -0.39 is 0 Å². The summed E-state index contributed by atoms with van der Waals surface area (Å²) in [4.78, 5) is 17.8. The van der Waals surface area contributed by atoms with Gasteiger partial charge >= 0.3 is 0 Å². The molecule has 2 unspecified atom stereocenters. The second kappa shape index (κ2) is 11.2. The average Bonchev–Trinajstić information content (AvgIpc) is 3.34. The van der Waals surface area contributed by atoms with E-state index in [1.165, 1.54) is 37.1 Å². The number of allylic oxidation sites excluding steroid dienone is 2. The maximum absolute atomic E-state index is 12.7. The third-order valence-electron chi connectivity index (χ3n) is 8.29. The minimum Gasteiger partial charge on any atom is -0.374 e. The van der Waals surface area contributed by atoms with Crippen molar-refractivity contribution in [3.63, 3.8) is 0 Å². The average molecular weight is 495 g/mol. The molecule has 5 rings (SSSR count). The highest BCUT2D eigenvalue weighted by atomic mass is 35.5. The fourth-order valence-electron chi connectivity index (χ4n) is 6.01. The minimum atomic E-state index is 0.0621. The van der Waals surface area contributed by atoms with Crippen LogP contribution in [0, 0.1) is 11.8 Å². The summed E-state index contributed by atoms with van der Waals surface area (Å²) in [6.45, 7) is 7.64. The van der Waals surface area contributed by atoms with Crippen LogP contribution < -0.4 is 15.5 Å². The molecular weight excluding hydrogens is 456 g/mol. The Morgan fingerprint density at radius 1 is 1.09 bits per heavy atom. The van der Waals surface area contributed by atoms with E-state index in [1.807, 2.05) is 6.08 Å². The Labute approximate surface area is 215 Å². The van der Waals surface area contributed by atoms with Gasteiger partial charge in [0.2, 0.25) is 0 Å². The smallest absolute Gasteiger partial charge is 0.267 e. The molecule has 1 aromatic carbocycles. The van der Waals surface area contributed by atoms with Gasteiger partial charge in [-0.05, 0) is 68.7 Å².